The fourth-order valence-corrected chi connectivity index (χ4v) is 0.308. The predicted octanol–water partition coefficient (Wildman–Crippen LogP) is 1.95. The Labute approximate surface area is 64.4 Å². The van der Waals surface area contributed by atoms with E-state index >= 15 is 0 Å². The largest absolute Gasteiger partial charge is 0.279 e. The Kier molecular flexibility index (Phi) is 15.6. The van der Waals surface area contributed by atoms with Crippen molar-refractivity contribution in [3.63, 3.8) is 0 Å². The van der Waals surface area contributed by atoms with E-state index in [4.69, 9.17) is 11.9 Å². The van der Waals surface area contributed by atoms with Crippen LogP contribution in [0, 0.1) is 0 Å². The van der Waals surface area contributed by atoms with E-state index in [1.807, 2.05) is 0 Å². The first-order valence-electron chi connectivity index (χ1n) is 2.15. The third kappa shape index (κ3) is 10.9. The molecule has 7 heavy (non-hydrogen) atoms. The minimum Gasteiger partial charge on any atom is -0.279 e. The van der Waals surface area contributed by atoms with Crippen LogP contribution in [0.4, 0.5) is 0 Å². The SMILES string of the molecule is CCCCOCl.[Ti]. The number of hydrogen-bond donors (Lipinski definition) is 0. The zero-order valence-electron chi connectivity index (χ0n) is 4.41. The van der Waals surface area contributed by atoms with Crippen molar-refractivity contribution in [3.8, 4) is 0 Å². The molecule has 3 heteroatoms. The van der Waals surface area contributed by atoms with E-state index in [9.17, 15) is 0 Å². The molecule has 0 aliphatic carbocycles. The number of unbranched alkanes of at least 4 members (excludes halogenated alkanes) is 1. The van der Waals surface area contributed by atoms with Gasteiger partial charge in [-0.25, -0.2) is 0 Å². The van der Waals surface area contributed by atoms with E-state index in [-0.39, 0.29) is 21.7 Å². The topological polar surface area (TPSA) is 9.23 Å². The molecule has 42 valence electrons. The summed E-state index contributed by atoms with van der Waals surface area (Å²) in [7, 11) is 0. The van der Waals surface area contributed by atoms with Crippen molar-refractivity contribution in [2.45, 2.75) is 19.8 Å². The van der Waals surface area contributed by atoms with Gasteiger partial charge in [0.25, 0.3) is 0 Å². The quantitative estimate of drug-likeness (QED) is 0.448. The van der Waals surface area contributed by atoms with Gasteiger partial charge in [0.05, 0.1) is 18.5 Å². The Balaban J connectivity index is 0. The standard InChI is InChI=1S/C4H9ClO.Ti/c1-2-3-4-6-5;/h2-4H2,1H3;. The Morgan fingerprint density at radius 2 is 2.14 bits per heavy atom. The predicted molar refractivity (Wildman–Crippen MR) is 26.7 cm³/mol. The van der Waals surface area contributed by atoms with Gasteiger partial charge in [-0.05, 0) is 6.42 Å². The van der Waals surface area contributed by atoms with Crippen LogP contribution >= 0.6 is 11.9 Å². The van der Waals surface area contributed by atoms with Crippen LogP contribution in [0.5, 0.6) is 0 Å². The first-order chi connectivity index (χ1) is 2.91. The molecule has 0 spiro atoms. The molecule has 0 saturated carbocycles. The molecule has 0 saturated heterocycles. The van der Waals surface area contributed by atoms with Crippen molar-refractivity contribution in [2.24, 2.45) is 0 Å². The first kappa shape index (κ1) is 10.9. The second kappa shape index (κ2) is 10.1. The average molecular weight is 156 g/mol. The van der Waals surface area contributed by atoms with Crippen LogP contribution in [-0.4, -0.2) is 6.61 Å². The molecule has 0 fully saturated rings. The van der Waals surface area contributed by atoms with Crippen molar-refractivity contribution in [1.29, 1.82) is 0 Å². The minimum absolute atomic E-state index is 0. The van der Waals surface area contributed by atoms with E-state index in [2.05, 4.69) is 11.2 Å². The molecule has 0 bridgehead atoms. The molecule has 1 nitrogen and oxygen atoms in total. The van der Waals surface area contributed by atoms with Gasteiger partial charge in [-0.1, -0.05) is 13.3 Å². The molecule has 0 radical (unpaired) electrons. The molecular weight excluding hydrogens is 147 g/mol. The molecular formula is C4H9ClOTi. The van der Waals surface area contributed by atoms with Gasteiger partial charge in [-0.2, -0.15) is 0 Å². The van der Waals surface area contributed by atoms with E-state index in [0.29, 0.717) is 6.61 Å². The van der Waals surface area contributed by atoms with Crippen LogP contribution in [0.25, 0.3) is 0 Å². The maximum atomic E-state index is 4.88. The molecule has 0 aromatic carbocycles. The fourth-order valence-electron chi connectivity index (χ4n) is 0.199. The van der Waals surface area contributed by atoms with E-state index in [1.165, 1.54) is 0 Å². The van der Waals surface area contributed by atoms with Crippen LogP contribution in [0.15, 0.2) is 0 Å². The van der Waals surface area contributed by atoms with Gasteiger partial charge in [-0.15, -0.1) is 0 Å². The fraction of sp³-hybridized carbons (Fsp3) is 1.00. The molecule has 0 aliphatic rings. The van der Waals surface area contributed by atoms with Crippen molar-refractivity contribution < 1.29 is 26.0 Å². The molecule has 0 aromatic heterocycles. The summed E-state index contributed by atoms with van der Waals surface area (Å²) in [6, 6.07) is 0. The normalized spacial score (nSPS) is 7.71. The third-order valence-electron chi connectivity index (χ3n) is 0.575. The number of halogens is 1. The molecule has 0 rings (SSSR count). The summed E-state index contributed by atoms with van der Waals surface area (Å²) in [6.45, 7) is 2.77. The second-order valence-electron chi connectivity index (χ2n) is 1.17. The summed E-state index contributed by atoms with van der Waals surface area (Å²) >= 11 is 4.88. The van der Waals surface area contributed by atoms with Crippen molar-refractivity contribution in [2.75, 3.05) is 6.61 Å². The van der Waals surface area contributed by atoms with Gasteiger partial charge >= 0.3 is 0 Å². The smallest absolute Gasteiger partial charge is 0.0682 e. The molecule has 0 unspecified atom stereocenters. The van der Waals surface area contributed by atoms with Crippen LogP contribution in [-0.2, 0) is 26.0 Å². The molecule has 0 aliphatic heterocycles. The Bertz CT molecular complexity index is 23.7. The van der Waals surface area contributed by atoms with Gasteiger partial charge in [-0.3, -0.25) is 4.29 Å². The summed E-state index contributed by atoms with van der Waals surface area (Å²) in [4.78, 5) is 0. The average Bonchev–Trinajstić information content (AvgIpc) is 1.61. The Hall–Kier alpha value is 0.964. The van der Waals surface area contributed by atoms with Gasteiger partial charge in [0.2, 0.25) is 0 Å². The summed E-state index contributed by atoms with van der Waals surface area (Å²) in [5.41, 5.74) is 0. The van der Waals surface area contributed by atoms with E-state index in [0.717, 1.165) is 12.8 Å². The van der Waals surface area contributed by atoms with Gasteiger partial charge in [0.1, 0.15) is 0 Å². The minimum atomic E-state index is 0. The second-order valence-corrected chi connectivity index (χ2v) is 1.39. The molecule has 0 heterocycles. The van der Waals surface area contributed by atoms with Crippen LogP contribution in [0.2, 0.25) is 0 Å². The Morgan fingerprint density at radius 1 is 1.57 bits per heavy atom. The molecule has 0 atom stereocenters. The maximum absolute atomic E-state index is 4.88. The van der Waals surface area contributed by atoms with Gasteiger partial charge in [0, 0.05) is 21.7 Å². The van der Waals surface area contributed by atoms with Crippen molar-refractivity contribution in [1.82, 2.24) is 0 Å². The zero-order valence-corrected chi connectivity index (χ0v) is 6.73. The van der Waals surface area contributed by atoms with Crippen LogP contribution < -0.4 is 0 Å². The van der Waals surface area contributed by atoms with Gasteiger partial charge in [0.15, 0.2) is 0 Å². The summed E-state index contributed by atoms with van der Waals surface area (Å²) in [5, 5.41) is 0. The van der Waals surface area contributed by atoms with Crippen molar-refractivity contribution >= 4 is 11.9 Å². The van der Waals surface area contributed by atoms with Crippen molar-refractivity contribution in [3.05, 3.63) is 0 Å². The summed E-state index contributed by atoms with van der Waals surface area (Å²) < 4.78 is 4.25. The molecule has 0 N–H and O–H groups in total. The number of rotatable bonds is 3. The Morgan fingerprint density at radius 3 is 2.29 bits per heavy atom. The van der Waals surface area contributed by atoms with Crippen LogP contribution in [0.3, 0.4) is 0 Å². The van der Waals surface area contributed by atoms with E-state index in [1.54, 1.807) is 0 Å². The van der Waals surface area contributed by atoms with Gasteiger partial charge < -0.3 is 0 Å². The first-order valence-corrected chi connectivity index (χ1v) is 2.46. The molecule has 0 aromatic rings. The number of hydrogen-bond acceptors (Lipinski definition) is 1. The third-order valence-corrected chi connectivity index (χ3v) is 0.729. The summed E-state index contributed by atoms with van der Waals surface area (Å²) in [6.07, 6.45) is 2.20. The maximum Gasteiger partial charge on any atom is 0.0682 e. The van der Waals surface area contributed by atoms with E-state index < -0.39 is 0 Å². The zero-order chi connectivity index (χ0) is 4.83. The monoisotopic (exact) mass is 156 g/mol. The van der Waals surface area contributed by atoms with Crippen LogP contribution in [0.1, 0.15) is 19.8 Å². The molecule has 0 amide bonds. The summed E-state index contributed by atoms with van der Waals surface area (Å²) in [5.74, 6) is 0.